The van der Waals surface area contributed by atoms with Crippen molar-refractivity contribution < 1.29 is 13.9 Å². The van der Waals surface area contributed by atoms with Gasteiger partial charge in [-0.2, -0.15) is 0 Å². The van der Waals surface area contributed by atoms with Crippen molar-refractivity contribution in [1.82, 2.24) is 20.0 Å². The molecule has 2 amide bonds. The summed E-state index contributed by atoms with van der Waals surface area (Å²) in [7, 11) is 0. The van der Waals surface area contributed by atoms with Gasteiger partial charge in [0.2, 0.25) is 0 Å². The number of hydrogen-bond acceptors (Lipinski definition) is 5. The highest BCUT2D eigenvalue weighted by molar-refractivity contribution is 5.74. The Morgan fingerprint density at radius 3 is 2.61 bits per heavy atom. The Labute approximate surface area is 168 Å². The standard InChI is InChI=1S/C21H34N4O3/c26-21(25-12-10-23(11-13-25)17-18-6-4-14-27-18)22-16-19(20-7-5-15-28-20)24-8-2-1-3-9-24/h5,7,15,18-19H,1-4,6,8-14,16-17H2,(H,22,26). The number of nitrogens with zero attached hydrogens (tertiary/aromatic N) is 3. The lowest BCUT2D eigenvalue weighted by Gasteiger charge is -2.37. The number of rotatable bonds is 6. The fourth-order valence-electron chi connectivity index (χ4n) is 4.63. The van der Waals surface area contributed by atoms with Crippen molar-refractivity contribution in [3.05, 3.63) is 24.2 Å². The number of amides is 2. The van der Waals surface area contributed by atoms with Crippen LogP contribution in [0.1, 0.15) is 43.9 Å². The van der Waals surface area contributed by atoms with Gasteiger partial charge >= 0.3 is 6.03 Å². The van der Waals surface area contributed by atoms with E-state index in [2.05, 4.69) is 15.1 Å². The number of piperidine rings is 1. The molecule has 156 valence electrons. The third kappa shape index (κ3) is 5.07. The predicted octanol–water partition coefficient (Wildman–Crippen LogP) is 2.31. The van der Waals surface area contributed by atoms with Crippen molar-refractivity contribution in [2.45, 2.75) is 44.2 Å². The van der Waals surface area contributed by atoms with Crippen LogP contribution in [-0.4, -0.2) is 85.8 Å². The fraction of sp³-hybridized carbons (Fsp3) is 0.762. The van der Waals surface area contributed by atoms with Crippen LogP contribution in [0.5, 0.6) is 0 Å². The highest BCUT2D eigenvalue weighted by atomic mass is 16.5. The maximum Gasteiger partial charge on any atom is 0.317 e. The van der Waals surface area contributed by atoms with Crippen molar-refractivity contribution in [2.75, 3.05) is 59.0 Å². The number of nitrogens with one attached hydrogen (secondary N) is 1. The summed E-state index contributed by atoms with van der Waals surface area (Å²) in [5.41, 5.74) is 0. The van der Waals surface area contributed by atoms with E-state index in [4.69, 9.17) is 9.15 Å². The van der Waals surface area contributed by atoms with E-state index in [0.717, 1.165) is 58.2 Å². The van der Waals surface area contributed by atoms with Gasteiger partial charge in [0.25, 0.3) is 0 Å². The highest BCUT2D eigenvalue weighted by Crippen LogP contribution is 2.24. The van der Waals surface area contributed by atoms with Crippen LogP contribution >= 0.6 is 0 Å². The van der Waals surface area contributed by atoms with Crippen LogP contribution in [0.2, 0.25) is 0 Å². The molecular weight excluding hydrogens is 356 g/mol. The summed E-state index contributed by atoms with van der Waals surface area (Å²) in [6.07, 6.45) is 8.20. The molecule has 7 nitrogen and oxygen atoms in total. The lowest BCUT2D eigenvalue weighted by molar-refractivity contribution is 0.0557. The smallest absolute Gasteiger partial charge is 0.317 e. The van der Waals surface area contributed by atoms with Crippen LogP contribution < -0.4 is 5.32 Å². The topological polar surface area (TPSA) is 61.2 Å². The van der Waals surface area contributed by atoms with Gasteiger partial charge in [-0.1, -0.05) is 6.42 Å². The van der Waals surface area contributed by atoms with E-state index in [0.29, 0.717) is 12.6 Å². The zero-order chi connectivity index (χ0) is 19.2. The zero-order valence-corrected chi connectivity index (χ0v) is 16.9. The molecule has 3 aliphatic rings. The molecule has 0 aliphatic carbocycles. The second kappa shape index (κ2) is 9.76. The maximum absolute atomic E-state index is 12.7. The first-order valence-electron chi connectivity index (χ1n) is 10.9. The number of carbonyl (C=O) groups excluding carboxylic acids is 1. The number of furan rings is 1. The van der Waals surface area contributed by atoms with Crippen molar-refractivity contribution in [1.29, 1.82) is 0 Å². The highest BCUT2D eigenvalue weighted by Gasteiger charge is 2.28. The van der Waals surface area contributed by atoms with Gasteiger partial charge in [0, 0.05) is 45.9 Å². The van der Waals surface area contributed by atoms with E-state index in [9.17, 15) is 4.79 Å². The first-order valence-corrected chi connectivity index (χ1v) is 10.9. The van der Waals surface area contributed by atoms with E-state index >= 15 is 0 Å². The molecule has 3 fully saturated rings. The van der Waals surface area contributed by atoms with Gasteiger partial charge in [0.1, 0.15) is 5.76 Å². The molecule has 2 atom stereocenters. The van der Waals surface area contributed by atoms with Crippen LogP contribution in [0.25, 0.3) is 0 Å². The van der Waals surface area contributed by atoms with Crippen molar-refractivity contribution in [2.24, 2.45) is 0 Å². The Balaban J connectivity index is 1.24. The third-order valence-electron chi connectivity index (χ3n) is 6.29. The number of carbonyl (C=O) groups is 1. The summed E-state index contributed by atoms with van der Waals surface area (Å²) < 4.78 is 11.4. The van der Waals surface area contributed by atoms with Crippen molar-refractivity contribution in [3.8, 4) is 0 Å². The number of likely N-dealkylation sites (tertiary alicyclic amines) is 1. The van der Waals surface area contributed by atoms with Gasteiger partial charge in [0.15, 0.2) is 0 Å². The SMILES string of the molecule is O=C(NCC(c1ccco1)N1CCCCC1)N1CCN(CC2CCCO2)CC1. The van der Waals surface area contributed by atoms with E-state index < -0.39 is 0 Å². The van der Waals surface area contributed by atoms with Gasteiger partial charge in [-0.3, -0.25) is 9.80 Å². The summed E-state index contributed by atoms with van der Waals surface area (Å²) >= 11 is 0. The molecule has 0 saturated carbocycles. The molecule has 28 heavy (non-hydrogen) atoms. The quantitative estimate of drug-likeness (QED) is 0.808. The lowest BCUT2D eigenvalue weighted by atomic mass is 10.1. The maximum atomic E-state index is 12.7. The van der Waals surface area contributed by atoms with Gasteiger partial charge in [-0.25, -0.2) is 4.79 Å². The number of ether oxygens (including phenoxy) is 1. The fourth-order valence-corrected chi connectivity index (χ4v) is 4.63. The van der Waals surface area contributed by atoms with E-state index in [1.807, 2.05) is 17.0 Å². The Hall–Kier alpha value is -1.57. The first-order chi connectivity index (χ1) is 13.8. The summed E-state index contributed by atoms with van der Waals surface area (Å²) in [5.74, 6) is 0.948. The molecule has 3 saturated heterocycles. The van der Waals surface area contributed by atoms with E-state index in [1.165, 1.54) is 32.1 Å². The monoisotopic (exact) mass is 390 g/mol. The summed E-state index contributed by atoms with van der Waals surface area (Å²) in [5, 5.41) is 3.17. The van der Waals surface area contributed by atoms with Gasteiger partial charge in [0.05, 0.1) is 18.4 Å². The van der Waals surface area contributed by atoms with Crippen LogP contribution in [0.4, 0.5) is 4.79 Å². The molecule has 0 aromatic carbocycles. The van der Waals surface area contributed by atoms with Gasteiger partial charge < -0.3 is 19.4 Å². The van der Waals surface area contributed by atoms with Crippen LogP contribution in [-0.2, 0) is 4.74 Å². The molecule has 1 aromatic rings. The number of piperazine rings is 1. The van der Waals surface area contributed by atoms with Gasteiger partial charge in [-0.15, -0.1) is 0 Å². The van der Waals surface area contributed by atoms with Crippen molar-refractivity contribution >= 4 is 6.03 Å². The van der Waals surface area contributed by atoms with Crippen LogP contribution in [0.15, 0.2) is 22.8 Å². The Kier molecular flexibility index (Phi) is 6.88. The summed E-state index contributed by atoms with van der Waals surface area (Å²) in [4.78, 5) is 19.6. The number of hydrogen-bond donors (Lipinski definition) is 1. The largest absolute Gasteiger partial charge is 0.468 e. The third-order valence-corrected chi connectivity index (χ3v) is 6.29. The molecule has 4 heterocycles. The molecule has 1 aromatic heterocycles. The molecule has 0 spiro atoms. The Morgan fingerprint density at radius 2 is 1.93 bits per heavy atom. The average molecular weight is 391 g/mol. The molecule has 0 bridgehead atoms. The Bertz CT molecular complexity index is 589. The molecule has 7 heteroatoms. The molecule has 0 radical (unpaired) electrons. The zero-order valence-electron chi connectivity index (χ0n) is 16.9. The minimum Gasteiger partial charge on any atom is -0.468 e. The second-order valence-electron chi connectivity index (χ2n) is 8.24. The molecule has 1 N–H and O–H groups in total. The van der Waals surface area contributed by atoms with Crippen LogP contribution in [0, 0.1) is 0 Å². The van der Waals surface area contributed by atoms with Crippen LogP contribution in [0.3, 0.4) is 0 Å². The lowest BCUT2D eigenvalue weighted by Crippen LogP contribution is -2.53. The summed E-state index contributed by atoms with van der Waals surface area (Å²) in [6, 6.07) is 4.13. The van der Waals surface area contributed by atoms with E-state index in [1.54, 1.807) is 6.26 Å². The molecular formula is C21H34N4O3. The molecule has 4 rings (SSSR count). The average Bonchev–Trinajstić information content (AvgIpc) is 3.44. The molecule has 2 unspecified atom stereocenters. The Morgan fingerprint density at radius 1 is 1.11 bits per heavy atom. The minimum atomic E-state index is 0.0466. The van der Waals surface area contributed by atoms with Gasteiger partial charge in [-0.05, 0) is 50.9 Å². The first kappa shape index (κ1) is 19.7. The normalized spacial score (nSPS) is 25.7. The second-order valence-corrected chi connectivity index (χ2v) is 8.24. The summed E-state index contributed by atoms with van der Waals surface area (Å²) in [6.45, 7) is 8.09. The number of urea groups is 1. The minimum absolute atomic E-state index is 0.0466. The predicted molar refractivity (Wildman–Crippen MR) is 107 cm³/mol. The molecule has 3 aliphatic heterocycles. The van der Waals surface area contributed by atoms with Crippen molar-refractivity contribution in [3.63, 3.8) is 0 Å². The van der Waals surface area contributed by atoms with E-state index in [-0.39, 0.29) is 12.1 Å².